The summed E-state index contributed by atoms with van der Waals surface area (Å²) in [5.74, 6) is -1.21. The van der Waals surface area contributed by atoms with Crippen LogP contribution in [0.4, 0.5) is 4.79 Å². The molecule has 0 aliphatic rings. The number of nitrogens with one attached hydrogen (secondary N) is 3. The van der Waals surface area contributed by atoms with Crippen molar-refractivity contribution in [2.75, 3.05) is 13.1 Å². The Morgan fingerprint density at radius 1 is 0.963 bits per heavy atom. The van der Waals surface area contributed by atoms with E-state index in [9.17, 15) is 19.2 Å². The molecule has 0 heterocycles. The van der Waals surface area contributed by atoms with Gasteiger partial charge in [-0.3, -0.25) is 14.4 Å². The van der Waals surface area contributed by atoms with Crippen LogP contribution in [-0.2, 0) is 25.5 Å². The van der Waals surface area contributed by atoms with Crippen molar-refractivity contribution in [2.45, 2.75) is 45.8 Å². The lowest BCUT2D eigenvalue weighted by Crippen LogP contribution is -2.47. The second kappa shape index (κ2) is 10.3. The molecule has 1 atom stereocenters. The zero-order valence-corrected chi connectivity index (χ0v) is 16.1. The van der Waals surface area contributed by atoms with Gasteiger partial charge in [0.15, 0.2) is 5.78 Å². The number of benzene rings is 1. The Kier molecular flexibility index (Phi) is 8.44. The van der Waals surface area contributed by atoms with Gasteiger partial charge in [-0.05, 0) is 39.7 Å². The molecule has 0 fully saturated rings. The molecule has 0 aromatic heterocycles. The fourth-order valence-electron chi connectivity index (χ4n) is 2.10. The number of hydrogen-bond acceptors (Lipinski definition) is 5. The smallest absolute Gasteiger partial charge is 0.408 e. The number of carbonyl (C=O) groups is 4. The molecule has 0 unspecified atom stereocenters. The van der Waals surface area contributed by atoms with E-state index in [1.54, 1.807) is 20.8 Å². The molecule has 0 saturated carbocycles. The van der Waals surface area contributed by atoms with Crippen molar-refractivity contribution >= 4 is 23.7 Å². The number of ether oxygens (including phenoxy) is 1. The van der Waals surface area contributed by atoms with Crippen LogP contribution in [0.2, 0.25) is 0 Å². The second-order valence-electron chi connectivity index (χ2n) is 7.05. The van der Waals surface area contributed by atoms with Gasteiger partial charge in [0.05, 0.1) is 12.6 Å². The topological polar surface area (TPSA) is 114 Å². The summed E-state index contributed by atoms with van der Waals surface area (Å²) in [7, 11) is 0. The lowest BCUT2D eigenvalue weighted by Gasteiger charge is -2.19. The summed E-state index contributed by atoms with van der Waals surface area (Å²) >= 11 is 0. The Hall–Kier alpha value is -2.90. The van der Waals surface area contributed by atoms with E-state index >= 15 is 0 Å². The van der Waals surface area contributed by atoms with Crippen LogP contribution in [0, 0.1) is 0 Å². The summed E-state index contributed by atoms with van der Waals surface area (Å²) in [6.07, 6.45) is -0.350. The molecule has 0 spiro atoms. The highest BCUT2D eigenvalue weighted by atomic mass is 16.6. The average Bonchev–Trinajstić information content (AvgIpc) is 2.57. The van der Waals surface area contributed by atoms with E-state index in [2.05, 4.69) is 16.0 Å². The number of carbonyl (C=O) groups excluding carboxylic acids is 4. The van der Waals surface area contributed by atoms with Crippen LogP contribution in [0.1, 0.15) is 33.3 Å². The highest BCUT2D eigenvalue weighted by Gasteiger charge is 2.19. The van der Waals surface area contributed by atoms with Crippen molar-refractivity contribution in [3.63, 3.8) is 0 Å². The van der Waals surface area contributed by atoms with Crippen LogP contribution >= 0.6 is 0 Å². The van der Waals surface area contributed by atoms with E-state index in [-0.39, 0.29) is 18.9 Å². The summed E-state index contributed by atoms with van der Waals surface area (Å²) in [5, 5.41) is 7.27. The van der Waals surface area contributed by atoms with Crippen molar-refractivity contribution in [2.24, 2.45) is 0 Å². The number of rotatable bonds is 8. The summed E-state index contributed by atoms with van der Waals surface area (Å²) in [4.78, 5) is 46.9. The summed E-state index contributed by atoms with van der Waals surface area (Å²) in [6, 6.07) is 8.64. The van der Waals surface area contributed by atoms with E-state index in [0.717, 1.165) is 5.56 Å². The van der Waals surface area contributed by atoms with Crippen LogP contribution in [0.25, 0.3) is 0 Å². The molecule has 0 bridgehead atoms. The first-order valence-electron chi connectivity index (χ1n) is 8.64. The molecule has 0 radical (unpaired) electrons. The van der Waals surface area contributed by atoms with Crippen LogP contribution in [0.3, 0.4) is 0 Å². The predicted octanol–water partition coefficient (Wildman–Crippen LogP) is 0.944. The van der Waals surface area contributed by atoms with Gasteiger partial charge >= 0.3 is 6.09 Å². The third-order valence-electron chi connectivity index (χ3n) is 3.35. The Bertz CT molecular complexity index is 668. The molecule has 3 N–H and O–H groups in total. The third-order valence-corrected chi connectivity index (χ3v) is 3.35. The van der Waals surface area contributed by atoms with E-state index < -0.39 is 29.6 Å². The van der Waals surface area contributed by atoms with Gasteiger partial charge in [0.25, 0.3) is 0 Å². The van der Waals surface area contributed by atoms with Crippen molar-refractivity contribution in [3.05, 3.63) is 35.9 Å². The minimum Gasteiger partial charge on any atom is -0.444 e. The maximum absolute atomic E-state index is 12.0. The van der Waals surface area contributed by atoms with E-state index in [1.807, 2.05) is 30.3 Å². The minimum absolute atomic E-state index is 0.176. The average molecular weight is 377 g/mol. The van der Waals surface area contributed by atoms with Gasteiger partial charge in [-0.25, -0.2) is 4.79 Å². The first-order valence-corrected chi connectivity index (χ1v) is 8.64. The van der Waals surface area contributed by atoms with Gasteiger partial charge in [0, 0.05) is 0 Å². The van der Waals surface area contributed by atoms with Crippen LogP contribution in [0.15, 0.2) is 30.3 Å². The molecular formula is C19H27N3O5. The van der Waals surface area contributed by atoms with Gasteiger partial charge in [0.2, 0.25) is 11.8 Å². The maximum atomic E-state index is 12.0. The molecule has 1 aromatic carbocycles. The van der Waals surface area contributed by atoms with E-state index in [4.69, 9.17) is 4.74 Å². The maximum Gasteiger partial charge on any atom is 0.408 e. The molecule has 27 heavy (non-hydrogen) atoms. The Morgan fingerprint density at radius 2 is 1.56 bits per heavy atom. The number of hydrogen-bond donors (Lipinski definition) is 3. The highest BCUT2D eigenvalue weighted by molar-refractivity contribution is 5.91. The summed E-state index contributed by atoms with van der Waals surface area (Å²) in [6.45, 7) is 5.90. The largest absolute Gasteiger partial charge is 0.444 e. The standard InChI is InChI=1S/C19H27N3O5/c1-13(23)15(10-14-8-6-5-7-9-14)22-17(25)12-20-16(24)11-21-18(26)27-19(2,3)4/h5-9,15H,10-12H2,1-4H3,(H,20,24)(H,21,26)(H,22,25)/t15-/m0/s1. The van der Waals surface area contributed by atoms with Gasteiger partial charge < -0.3 is 20.7 Å². The third kappa shape index (κ3) is 9.98. The van der Waals surface area contributed by atoms with Crippen molar-refractivity contribution < 1.29 is 23.9 Å². The van der Waals surface area contributed by atoms with Gasteiger partial charge in [-0.2, -0.15) is 0 Å². The fraction of sp³-hybridized carbons (Fsp3) is 0.474. The number of Topliss-reactive ketones (excluding diaryl/α,β-unsaturated/α-hetero) is 1. The van der Waals surface area contributed by atoms with Crippen molar-refractivity contribution in [1.29, 1.82) is 0 Å². The van der Waals surface area contributed by atoms with E-state index in [1.165, 1.54) is 6.92 Å². The molecule has 1 rings (SSSR count). The van der Waals surface area contributed by atoms with Gasteiger partial charge in [-0.1, -0.05) is 30.3 Å². The van der Waals surface area contributed by atoms with Crippen molar-refractivity contribution in [3.8, 4) is 0 Å². The number of alkyl carbamates (subject to hydrolysis) is 1. The van der Waals surface area contributed by atoms with Crippen LogP contribution < -0.4 is 16.0 Å². The number of amides is 3. The Balaban J connectivity index is 2.38. The Labute approximate surface area is 159 Å². The van der Waals surface area contributed by atoms with Crippen LogP contribution in [-0.4, -0.2) is 48.4 Å². The second-order valence-corrected chi connectivity index (χ2v) is 7.05. The zero-order valence-electron chi connectivity index (χ0n) is 16.1. The summed E-state index contributed by atoms with van der Waals surface area (Å²) < 4.78 is 5.00. The number of ketones is 1. The SMILES string of the molecule is CC(=O)[C@H](Cc1ccccc1)NC(=O)CNC(=O)CNC(=O)OC(C)(C)C. The highest BCUT2D eigenvalue weighted by Crippen LogP contribution is 2.06. The van der Waals surface area contributed by atoms with Crippen LogP contribution in [0.5, 0.6) is 0 Å². The monoisotopic (exact) mass is 377 g/mol. The molecule has 0 aliphatic carbocycles. The Morgan fingerprint density at radius 3 is 2.11 bits per heavy atom. The van der Waals surface area contributed by atoms with E-state index in [0.29, 0.717) is 6.42 Å². The molecule has 0 aliphatic heterocycles. The molecule has 8 heteroatoms. The minimum atomic E-state index is -0.721. The molecule has 3 amide bonds. The lowest BCUT2D eigenvalue weighted by atomic mass is 10.0. The zero-order chi connectivity index (χ0) is 20.4. The quantitative estimate of drug-likeness (QED) is 0.624. The predicted molar refractivity (Wildman–Crippen MR) is 100 cm³/mol. The normalized spacial score (nSPS) is 11.9. The van der Waals surface area contributed by atoms with Gasteiger partial charge in [0.1, 0.15) is 12.1 Å². The molecular weight excluding hydrogens is 350 g/mol. The molecule has 0 saturated heterocycles. The first kappa shape index (κ1) is 22.1. The molecule has 148 valence electrons. The fourth-order valence-corrected chi connectivity index (χ4v) is 2.10. The summed E-state index contributed by atoms with van der Waals surface area (Å²) in [5.41, 5.74) is 0.254. The molecule has 8 nitrogen and oxygen atoms in total. The first-order chi connectivity index (χ1) is 12.6. The molecule has 1 aromatic rings. The van der Waals surface area contributed by atoms with Crippen molar-refractivity contribution in [1.82, 2.24) is 16.0 Å². The lowest BCUT2D eigenvalue weighted by molar-refractivity contribution is -0.128. The van der Waals surface area contributed by atoms with Gasteiger partial charge in [-0.15, -0.1) is 0 Å².